The van der Waals surface area contributed by atoms with Crippen LogP contribution < -0.4 is 5.32 Å². The second-order valence-corrected chi connectivity index (χ2v) is 5.81. The van der Waals surface area contributed by atoms with Gasteiger partial charge in [0.1, 0.15) is 5.82 Å². The second-order valence-electron chi connectivity index (χ2n) is 5.81. The average Bonchev–Trinajstić information content (AvgIpc) is 3.14. The summed E-state index contributed by atoms with van der Waals surface area (Å²) in [5.41, 5.74) is 0. The number of piperidine rings is 1. The molecular weight excluding hydrogens is 280 g/mol. The molecule has 0 aliphatic carbocycles. The lowest BCUT2D eigenvalue weighted by Crippen LogP contribution is -2.45. The maximum atomic E-state index is 5.04. The Balaban J connectivity index is 1.50. The largest absolute Gasteiger partial charge is 0.340 e. The molecule has 22 heavy (non-hydrogen) atoms. The molecular formula is C15H24N6O. The van der Waals surface area contributed by atoms with Crippen LogP contribution in [0.4, 0.5) is 0 Å². The second kappa shape index (κ2) is 7.02. The third-order valence-corrected chi connectivity index (χ3v) is 4.13. The van der Waals surface area contributed by atoms with Crippen molar-refractivity contribution in [2.75, 3.05) is 13.1 Å². The zero-order chi connectivity index (χ0) is 15.4. The highest BCUT2D eigenvalue weighted by atomic mass is 16.5. The van der Waals surface area contributed by atoms with E-state index in [0.717, 1.165) is 44.4 Å². The zero-order valence-corrected chi connectivity index (χ0v) is 13.3. The van der Waals surface area contributed by atoms with Crippen LogP contribution in [0.5, 0.6) is 0 Å². The number of nitrogens with one attached hydrogen (secondary N) is 1. The summed E-state index contributed by atoms with van der Waals surface area (Å²) in [6, 6.07) is 0.490. The van der Waals surface area contributed by atoms with Gasteiger partial charge in [0.2, 0.25) is 5.89 Å². The molecule has 7 heteroatoms. The van der Waals surface area contributed by atoms with Crippen molar-refractivity contribution in [1.29, 1.82) is 0 Å². The van der Waals surface area contributed by atoms with Crippen molar-refractivity contribution in [2.45, 2.75) is 52.4 Å². The summed E-state index contributed by atoms with van der Waals surface area (Å²) in [4.78, 5) is 11.1. The Labute approximate surface area is 130 Å². The third-order valence-electron chi connectivity index (χ3n) is 4.13. The van der Waals surface area contributed by atoms with Gasteiger partial charge in [-0.1, -0.05) is 5.16 Å². The van der Waals surface area contributed by atoms with E-state index in [-0.39, 0.29) is 0 Å². The zero-order valence-electron chi connectivity index (χ0n) is 13.3. The molecule has 0 bridgehead atoms. The highest BCUT2D eigenvalue weighted by Crippen LogP contribution is 2.13. The van der Waals surface area contributed by atoms with Crippen molar-refractivity contribution >= 4 is 0 Å². The normalized spacial score (nSPS) is 19.6. The first kappa shape index (κ1) is 15.2. The first-order valence-electron chi connectivity index (χ1n) is 7.99. The van der Waals surface area contributed by atoms with Crippen molar-refractivity contribution < 1.29 is 4.52 Å². The van der Waals surface area contributed by atoms with Gasteiger partial charge in [0.05, 0.1) is 13.1 Å². The van der Waals surface area contributed by atoms with E-state index >= 15 is 0 Å². The van der Waals surface area contributed by atoms with E-state index in [0.29, 0.717) is 11.9 Å². The van der Waals surface area contributed by atoms with Gasteiger partial charge in [0.15, 0.2) is 5.82 Å². The van der Waals surface area contributed by atoms with E-state index in [1.54, 1.807) is 0 Å². The lowest BCUT2D eigenvalue weighted by molar-refractivity contribution is 0.176. The molecule has 0 aromatic carbocycles. The molecule has 1 aliphatic rings. The highest BCUT2D eigenvalue weighted by molar-refractivity contribution is 4.93. The van der Waals surface area contributed by atoms with Crippen molar-refractivity contribution in [1.82, 2.24) is 29.9 Å². The van der Waals surface area contributed by atoms with Gasteiger partial charge in [-0.05, 0) is 26.3 Å². The summed E-state index contributed by atoms with van der Waals surface area (Å²) < 4.78 is 7.22. The van der Waals surface area contributed by atoms with E-state index in [1.165, 1.54) is 12.8 Å². The minimum atomic E-state index is 0.490. The topological polar surface area (TPSA) is 72.0 Å². The van der Waals surface area contributed by atoms with Crippen LogP contribution in [-0.2, 0) is 19.6 Å². The number of aryl methyl sites for hydroxylation is 2. The monoisotopic (exact) mass is 304 g/mol. The lowest BCUT2D eigenvalue weighted by Gasteiger charge is -2.32. The quantitative estimate of drug-likeness (QED) is 0.868. The van der Waals surface area contributed by atoms with Crippen LogP contribution in [-0.4, -0.2) is 43.7 Å². The summed E-state index contributed by atoms with van der Waals surface area (Å²) in [6.07, 6.45) is 6.29. The molecule has 0 amide bonds. The van der Waals surface area contributed by atoms with Crippen LogP contribution in [0.2, 0.25) is 0 Å². The molecule has 2 aromatic rings. The predicted molar refractivity (Wildman–Crippen MR) is 82.1 cm³/mol. The maximum absolute atomic E-state index is 5.04. The third kappa shape index (κ3) is 3.72. The van der Waals surface area contributed by atoms with Crippen molar-refractivity contribution in [3.8, 4) is 0 Å². The van der Waals surface area contributed by atoms with Crippen LogP contribution in [0.3, 0.4) is 0 Å². The fourth-order valence-corrected chi connectivity index (χ4v) is 3.00. The van der Waals surface area contributed by atoms with Crippen LogP contribution in [0, 0.1) is 6.92 Å². The number of imidazole rings is 1. The number of nitrogens with zero attached hydrogens (tertiary/aromatic N) is 5. The number of aromatic nitrogens is 4. The smallest absolute Gasteiger partial charge is 0.223 e. The minimum absolute atomic E-state index is 0.490. The van der Waals surface area contributed by atoms with Gasteiger partial charge in [0.25, 0.3) is 0 Å². The van der Waals surface area contributed by atoms with Gasteiger partial charge >= 0.3 is 0 Å². The standard InChI is InChI=1S/C15H24N6O/c1-3-21-8-6-16-15(21)9-17-13-5-4-7-20(10-13)11-14-18-12(2)22-19-14/h6,8,13,17H,3-5,7,9-11H2,1-2H3/t13-/m0/s1. The predicted octanol–water partition coefficient (Wildman–Crippen LogP) is 1.35. The van der Waals surface area contributed by atoms with E-state index < -0.39 is 0 Å². The molecule has 0 unspecified atom stereocenters. The lowest BCUT2D eigenvalue weighted by atomic mass is 10.1. The SMILES string of the molecule is CCn1ccnc1CN[C@H]1CCCN(Cc2noc(C)n2)C1. The summed E-state index contributed by atoms with van der Waals surface area (Å²) in [5, 5.41) is 7.61. The van der Waals surface area contributed by atoms with E-state index in [1.807, 2.05) is 19.3 Å². The molecule has 0 spiro atoms. The molecule has 3 rings (SSSR count). The molecule has 2 aromatic heterocycles. The number of rotatable bonds is 6. The molecule has 1 aliphatic heterocycles. The highest BCUT2D eigenvalue weighted by Gasteiger charge is 2.21. The van der Waals surface area contributed by atoms with Crippen molar-refractivity contribution in [3.05, 3.63) is 29.9 Å². The maximum Gasteiger partial charge on any atom is 0.223 e. The molecule has 7 nitrogen and oxygen atoms in total. The number of hydrogen-bond acceptors (Lipinski definition) is 6. The van der Waals surface area contributed by atoms with E-state index in [4.69, 9.17) is 4.52 Å². The van der Waals surface area contributed by atoms with Crippen LogP contribution in [0.25, 0.3) is 0 Å². The van der Waals surface area contributed by atoms with Gasteiger partial charge in [0, 0.05) is 38.4 Å². The molecule has 0 saturated carbocycles. The fourth-order valence-electron chi connectivity index (χ4n) is 3.00. The summed E-state index contributed by atoms with van der Waals surface area (Å²) in [6.45, 7) is 8.62. The fraction of sp³-hybridized carbons (Fsp3) is 0.667. The van der Waals surface area contributed by atoms with Crippen LogP contribution in [0.15, 0.2) is 16.9 Å². The molecule has 3 heterocycles. The van der Waals surface area contributed by atoms with Crippen LogP contribution in [0.1, 0.15) is 37.3 Å². The van der Waals surface area contributed by atoms with E-state index in [2.05, 4.69) is 36.8 Å². The van der Waals surface area contributed by atoms with Gasteiger partial charge < -0.3 is 14.4 Å². The van der Waals surface area contributed by atoms with E-state index in [9.17, 15) is 0 Å². The number of hydrogen-bond donors (Lipinski definition) is 1. The van der Waals surface area contributed by atoms with Crippen molar-refractivity contribution in [3.63, 3.8) is 0 Å². The Morgan fingerprint density at radius 3 is 3.14 bits per heavy atom. The van der Waals surface area contributed by atoms with Crippen LogP contribution >= 0.6 is 0 Å². The molecule has 1 saturated heterocycles. The Morgan fingerprint density at radius 1 is 1.45 bits per heavy atom. The molecule has 120 valence electrons. The molecule has 1 N–H and O–H groups in total. The summed E-state index contributed by atoms with van der Waals surface area (Å²) in [5.74, 6) is 2.51. The van der Waals surface area contributed by atoms with Crippen molar-refractivity contribution in [2.24, 2.45) is 0 Å². The van der Waals surface area contributed by atoms with Gasteiger partial charge in [-0.3, -0.25) is 4.90 Å². The number of likely N-dealkylation sites (tertiary alicyclic amines) is 1. The van der Waals surface area contributed by atoms with Gasteiger partial charge in [-0.15, -0.1) is 0 Å². The summed E-state index contributed by atoms with van der Waals surface area (Å²) >= 11 is 0. The Kier molecular flexibility index (Phi) is 4.84. The Hall–Kier alpha value is -1.73. The van der Waals surface area contributed by atoms with Gasteiger partial charge in [-0.25, -0.2) is 4.98 Å². The first-order valence-corrected chi connectivity index (χ1v) is 7.99. The first-order chi connectivity index (χ1) is 10.7. The Bertz CT molecular complexity index is 592. The molecule has 0 radical (unpaired) electrons. The minimum Gasteiger partial charge on any atom is -0.340 e. The van der Waals surface area contributed by atoms with Gasteiger partial charge in [-0.2, -0.15) is 4.98 Å². The molecule has 1 atom stereocenters. The Morgan fingerprint density at radius 2 is 2.36 bits per heavy atom. The summed E-state index contributed by atoms with van der Waals surface area (Å²) in [7, 11) is 0. The molecule has 1 fully saturated rings. The average molecular weight is 304 g/mol.